The van der Waals surface area contributed by atoms with Crippen LogP contribution in [0.1, 0.15) is 0 Å². The zero-order chi connectivity index (χ0) is 9.03. The van der Waals surface area contributed by atoms with E-state index in [2.05, 4.69) is 15.9 Å². The standard InChI is InChI=1S/C7H5F3NO/c8-5-7(9,10)12-6-2-1-3-11-4-6/h1-2,4H,5H2. The zero-order valence-corrected chi connectivity index (χ0v) is 5.93. The van der Waals surface area contributed by atoms with Crippen LogP contribution >= 0.6 is 0 Å². The van der Waals surface area contributed by atoms with Crippen LogP contribution in [-0.2, 0) is 0 Å². The van der Waals surface area contributed by atoms with E-state index in [9.17, 15) is 13.2 Å². The Kier molecular flexibility index (Phi) is 2.52. The number of hydrogen-bond acceptors (Lipinski definition) is 2. The van der Waals surface area contributed by atoms with Crippen molar-refractivity contribution in [1.29, 1.82) is 0 Å². The lowest BCUT2D eigenvalue weighted by atomic mass is 10.5. The SMILES string of the molecule is FCC(F)(F)Oc1cc[c]nc1. The van der Waals surface area contributed by atoms with Crippen LogP contribution in [0.4, 0.5) is 13.2 Å². The molecule has 0 saturated heterocycles. The van der Waals surface area contributed by atoms with E-state index in [-0.39, 0.29) is 5.75 Å². The first-order valence-corrected chi connectivity index (χ1v) is 3.09. The van der Waals surface area contributed by atoms with Gasteiger partial charge in [-0.15, -0.1) is 0 Å². The smallest absolute Gasteiger partial charge is 0.427 e. The molecule has 12 heavy (non-hydrogen) atoms. The summed E-state index contributed by atoms with van der Waals surface area (Å²) in [6.07, 6.45) is -0.376. The normalized spacial score (nSPS) is 11.2. The molecule has 0 N–H and O–H groups in total. The molecule has 0 atom stereocenters. The predicted octanol–water partition coefficient (Wildman–Crippen LogP) is 1.82. The number of rotatable bonds is 3. The number of aromatic nitrogens is 1. The second-order valence-electron chi connectivity index (χ2n) is 2.00. The van der Waals surface area contributed by atoms with Gasteiger partial charge in [0.05, 0.1) is 12.4 Å². The van der Waals surface area contributed by atoms with Gasteiger partial charge in [0.1, 0.15) is 5.75 Å². The molecule has 0 aliphatic heterocycles. The summed E-state index contributed by atoms with van der Waals surface area (Å²) < 4.78 is 39.9. The van der Waals surface area contributed by atoms with E-state index in [1.54, 1.807) is 0 Å². The Morgan fingerprint density at radius 2 is 2.33 bits per heavy atom. The van der Waals surface area contributed by atoms with Gasteiger partial charge in [0.25, 0.3) is 0 Å². The van der Waals surface area contributed by atoms with E-state index in [1.807, 2.05) is 0 Å². The topological polar surface area (TPSA) is 22.1 Å². The third kappa shape index (κ3) is 2.41. The van der Waals surface area contributed by atoms with Crippen molar-refractivity contribution in [3.05, 3.63) is 24.5 Å². The van der Waals surface area contributed by atoms with Gasteiger partial charge >= 0.3 is 6.11 Å². The van der Waals surface area contributed by atoms with E-state index in [1.165, 1.54) is 12.1 Å². The van der Waals surface area contributed by atoms with Gasteiger partial charge in [0, 0.05) is 0 Å². The Bertz CT molecular complexity index is 240. The first kappa shape index (κ1) is 8.83. The molecule has 1 radical (unpaired) electrons. The number of nitrogens with zero attached hydrogens (tertiary/aromatic N) is 1. The van der Waals surface area contributed by atoms with Crippen LogP contribution in [0.3, 0.4) is 0 Å². The van der Waals surface area contributed by atoms with E-state index < -0.39 is 12.8 Å². The molecule has 0 spiro atoms. The van der Waals surface area contributed by atoms with Crippen LogP contribution in [0.15, 0.2) is 18.3 Å². The maximum absolute atomic E-state index is 12.2. The van der Waals surface area contributed by atoms with Gasteiger partial charge in [-0.25, -0.2) is 4.39 Å². The molecule has 0 aliphatic carbocycles. The Morgan fingerprint density at radius 3 is 2.83 bits per heavy atom. The van der Waals surface area contributed by atoms with Crippen molar-refractivity contribution < 1.29 is 17.9 Å². The summed E-state index contributed by atoms with van der Waals surface area (Å²) in [7, 11) is 0. The zero-order valence-electron chi connectivity index (χ0n) is 5.93. The first-order valence-electron chi connectivity index (χ1n) is 3.09. The van der Waals surface area contributed by atoms with Gasteiger partial charge in [0.15, 0.2) is 6.67 Å². The number of ether oxygens (including phenoxy) is 1. The van der Waals surface area contributed by atoms with Gasteiger partial charge in [-0.1, -0.05) is 0 Å². The third-order valence-corrected chi connectivity index (χ3v) is 1.01. The summed E-state index contributed by atoms with van der Waals surface area (Å²) in [4.78, 5) is 3.40. The van der Waals surface area contributed by atoms with Crippen molar-refractivity contribution in [2.75, 3.05) is 6.67 Å². The highest BCUT2D eigenvalue weighted by atomic mass is 19.3. The van der Waals surface area contributed by atoms with Crippen LogP contribution < -0.4 is 4.74 Å². The van der Waals surface area contributed by atoms with E-state index in [4.69, 9.17) is 0 Å². The average Bonchev–Trinajstić information content (AvgIpc) is 2.06. The minimum Gasteiger partial charge on any atom is -0.429 e. The Hall–Kier alpha value is -1.26. The number of pyridine rings is 1. The molecule has 65 valence electrons. The Labute approximate surface area is 67.0 Å². The molecule has 0 saturated carbocycles. The molecule has 1 aromatic heterocycles. The molecule has 0 unspecified atom stereocenters. The van der Waals surface area contributed by atoms with Gasteiger partial charge in [-0.3, -0.25) is 4.98 Å². The predicted molar refractivity (Wildman–Crippen MR) is 34.6 cm³/mol. The fraction of sp³-hybridized carbons (Fsp3) is 0.286. The van der Waals surface area contributed by atoms with Crippen molar-refractivity contribution in [3.63, 3.8) is 0 Å². The molecular formula is C7H5F3NO. The summed E-state index contributed by atoms with van der Waals surface area (Å²) in [6, 6.07) is 2.51. The molecular weight excluding hydrogens is 171 g/mol. The van der Waals surface area contributed by atoms with Crippen LogP contribution in [-0.4, -0.2) is 17.8 Å². The monoisotopic (exact) mass is 176 g/mol. The highest BCUT2D eigenvalue weighted by Crippen LogP contribution is 2.20. The summed E-state index contributed by atoms with van der Waals surface area (Å²) in [5, 5.41) is 0. The average molecular weight is 176 g/mol. The van der Waals surface area contributed by atoms with Gasteiger partial charge in [-0.2, -0.15) is 8.78 Å². The molecule has 1 rings (SSSR count). The minimum atomic E-state index is -3.77. The Balaban J connectivity index is 2.64. The van der Waals surface area contributed by atoms with E-state index >= 15 is 0 Å². The fourth-order valence-corrected chi connectivity index (χ4v) is 0.566. The van der Waals surface area contributed by atoms with Crippen molar-refractivity contribution in [2.45, 2.75) is 6.11 Å². The van der Waals surface area contributed by atoms with E-state index in [0.717, 1.165) is 6.20 Å². The highest BCUT2D eigenvalue weighted by Gasteiger charge is 2.31. The van der Waals surface area contributed by atoms with Crippen LogP contribution in [0, 0.1) is 6.20 Å². The van der Waals surface area contributed by atoms with Gasteiger partial charge < -0.3 is 4.74 Å². The molecule has 1 aromatic rings. The molecule has 1 heterocycles. The van der Waals surface area contributed by atoms with Crippen LogP contribution in [0.2, 0.25) is 0 Å². The second-order valence-corrected chi connectivity index (χ2v) is 2.00. The summed E-state index contributed by atoms with van der Waals surface area (Å²) in [5.74, 6) is -0.184. The number of alkyl halides is 3. The van der Waals surface area contributed by atoms with Crippen molar-refractivity contribution >= 4 is 0 Å². The minimum absolute atomic E-state index is 0.184. The molecule has 0 amide bonds. The molecule has 0 bridgehead atoms. The molecule has 0 fully saturated rings. The van der Waals surface area contributed by atoms with E-state index in [0.29, 0.717) is 0 Å². The van der Waals surface area contributed by atoms with Gasteiger partial charge in [-0.05, 0) is 12.1 Å². The maximum Gasteiger partial charge on any atom is 0.427 e. The summed E-state index contributed by atoms with van der Waals surface area (Å²) in [5.41, 5.74) is 0. The first-order chi connectivity index (χ1) is 5.64. The number of hydrogen-bond donors (Lipinski definition) is 0. The molecule has 5 heteroatoms. The lowest BCUT2D eigenvalue weighted by molar-refractivity contribution is -0.186. The lowest BCUT2D eigenvalue weighted by Crippen LogP contribution is -2.26. The Morgan fingerprint density at radius 1 is 1.58 bits per heavy atom. The molecule has 2 nitrogen and oxygen atoms in total. The van der Waals surface area contributed by atoms with Crippen molar-refractivity contribution in [3.8, 4) is 5.75 Å². The van der Waals surface area contributed by atoms with Crippen LogP contribution in [0.5, 0.6) is 5.75 Å². The summed E-state index contributed by atoms with van der Waals surface area (Å²) >= 11 is 0. The quantitative estimate of drug-likeness (QED) is 0.700. The lowest BCUT2D eigenvalue weighted by Gasteiger charge is -2.13. The van der Waals surface area contributed by atoms with Crippen LogP contribution in [0.25, 0.3) is 0 Å². The number of halogens is 3. The third-order valence-electron chi connectivity index (χ3n) is 1.01. The van der Waals surface area contributed by atoms with Crippen molar-refractivity contribution in [1.82, 2.24) is 4.98 Å². The highest BCUT2D eigenvalue weighted by molar-refractivity contribution is 5.15. The fourth-order valence-electron chi connectivity index (χ4n) is 0.566. The second kappa shape index (κ2) is 3.42. The maximum atomic E-state index is 12.2. The van der Waals surface area contributed by atoms with Crippen molar-refractivity contribution in [2.24, 2.45) is 0 Å². The largest absolute Gasteiger partial charge is 0.429 e. The molecule has 0 aliphatic rings. The summed E-state index contributed by atoms with van der Waals surface area (Å²) in [6.45, 7) is -1.86. The van der Waals surface area contributed by atoms with Gasteiger partial charge in [0.2, 0.25) is 0 Å². The molecule has 0 aromatic carbocycles.